The molecule has 2 fully saturated rings. The van der Waals surface area contributed by atoms with Crippen LogP contribution in [0.3, 0.4) is 0 Å². The lowest BCUT2D eigenvalue weighted by atomic mass is 10.1. The van der Waals surface area contributed by atoms with Gasteiger partial charge in [0.15, 0.2) is 9.84 Å². The zero-order valence-electron chi connectivity index (χ0n) is 13.9. The quantitative estimate of drug-likeness (QED) is 0.778. The molecule has 0 radical (unpaired) electrons. The van der Waals surface area contributed by atoms with Crippen LogP contribution in [-0.2, 0) is 25.8 Å². The van der Waals surface area contributed by atoms with E-state index in [4.69, 9.17) is 0 Å². The first-order chi connectivity index (χ1) is 11.8. The Kier molecular flexibility index (Phi) is 5.08. The molecule has 2 saturated heterocycles. The zero-order valence-corrected chi connectivity index (χ0v) is 14.7. The number of amides is 2. The van der Waals surface area contributed by atoms with E-state index in [1.807, 2.05) is 0 Å². The fourth-order valence-corrected chi connectivity index (χ4v) is 5.05. The second-order valence-corrected chi connectivity index (χ2v) is 8.84. The van der Waals surface area contributed by atoms with E-state index in [1.165, 1.54) is 12.1 Å². The van der Waals surface area contributed by atoms with Gasteiger partial charge in [0.05, 0.1) is 23.8 Å². The first-order valence-corrected chi connectivity index (χ1v) is 10.2. The summed E-state index contributed by atoms with van der Waals surface area (Å²) in [4.78, 5) is 28.1. The summed E-state index contributed by atoms with van der Waals surface area (Å²) < 4.78 is 35.9. The van der Waals surface area contributed by atoms with E-state index in [1.54, 1.807) is 21.9 Å². The molecular formula is C17H21FN2O4S. The first-order valence-electron chi connectivity index (χ1n) is 8.35. The smallest absolute Gasteiger partial charge is 0.227 e. The topological polar surface area (TPSA) is 74.8 Å². The highest BCUT2D eigenvalue weighted by molar-refractivity contribution is 7.91. The fourth-order valence-electron chi connectivity index (χ4n) is 3.31. The normalized spacial score (nSPS) is 22.8. The molecule has 6 nitrogen and oxygen atoms in total. The van der Waals surface area contributed by atoms with Crippen molar-refractivity contribution < 1.29 is 22.4 Å². The number of hydrogen-bond acceptors (Lipinski definition) is 4. The highest BCUT2D eigenvalue weighted by atomic mass is 32.2. The van der Waals surface area contributed by atoms with Gasteiger partial charge in [-0.2, -0.15) is 0 Å². The molecule has 2 heterocycles. The Labute approximate surface area is 146 Å². The zero-order chi connectivity index (χ0) is 18.0. The molecule has 0 spiro atoms. The van der Waals surface area contributed by atoms with Crippen molar-refractivity contribution in [2.24, 2.45) is 5.92 Å². The summed E-state index contributed by atoms with van der Waals surface area (Å²) >= 11 is 0. The minimum atomic E-state index is -3.08. The predicted molar refractivity (Wildman–Crippen MR) is 90.0 cm³/mol. The summed E-state index contributed by atoms with van der Waals surface area (Å²) in [6.07, 6.45) is 0.597. The number of carbonyl (C=O) groups excluding carboxylic acids is 2. The highest BCUT2D eigenvalue weighted by Gasteiger charge is 2.36. The van der Waals surface area contributed by atoms with Gasteiger partial charge in [-0.1, -0.05) is 12.1 Å². The van der Waals surface area contributed by atoms with Gasteiger partial charge < -0.3 is 9.80 Å². The summed E-state index contributed by atoms with van der Waals surface area (Å²) in [6.45, 7) is 1.71. The van der Waals surface area contributed by atoms with Crippen LogP contribution in [0.4, 0.5) is 4.39 Å². The van der Waals surface area contributed by atoms with E-state index in [-0.39, 0.29) is 35.6 Å². The van der Waals surface area contributed by atoms with Crippen LogP contribution in [0.15, 0.2) is 24.3 Å². The van der Waals surface area contributed by atoms with Gasteiger partial charge in [-0.3, -0.25) is 9.59 Å². The molecule has 25 heavy (non-hydrogen) atoms. The molecule has 0 unspecified atom stereocenters. The second-order valence-electron chi connectivity index (χ2n) is 6.61. The van der Waals surface area contributed by atoms with Crippen LogP contribution in [0.5, 0.6) is 0 Å². The monoisotopic (exact) mass is 368 g/mol. The van der Waals surface area contributed by atoms with Crippen LogP contribution in [0.1, 0.15) is 12.0 Å². The summed E-state index contributed by atoms with van der Waals surface area (Å²) in [7, 11) is -3.08. The summed E-state index contributed by atoms with van der Waals surface area (Å²) in [5.74, 6) is -0.924. The van der Waals surface area contributed by atoms with Crippen LogP contribution in [0.25, 0.3) is 0 Å². The minimum absolute atomic E-state index is 0.0536. The third-order valence-electron chi connectivity index (χ3n) is 4.79. The first kappa shape index (κ1) is 17.8. The van der Waals surface area contributed by atoms with Gasteiger partial charge in [0.25, 0.3) is 0 Å². The Balaban J connectivity index is 1.50. The van der Waals surface area contributed by atoms with Crippen molar-refractivity contribution >= 4 is 21.7 Å². The molecule has 3 rings (SSSR count). The van der Waals surface area contributed by atoms with Crippen LogP contribution >= 0.6 is 0 Å². The molecule has 2 amide bonds. The van der Waals surface area contributed by atoms with Crippen molar-refractivity contribution in [3.8, 4) is 0 Å². The average Bonchev–Trinajstić information content (AvgIpc) is 2.96. The molecule has 8 heteroatoms. The van der Waals surface area contributed by atoms with E-state index in [9.17, 15) is 22.4 Å². The molecule has 1 aromatic rings. The number of hydrogen-bond donors (Lipinski definition) is 0. The lowest BCUT2D eigenvalue weighted by molar-refractivity contribution is -0.141. The van der Waals surface area contributed by atoms with Gasteiger partial charge in [-0.15, -0.1) is 0 Å². The number of piperazine rings is 1. The second kappa shape index (κ2) is 7.11. The van der Waals surface area contributed by atoms with E-state index < -0.39 is 15.8 Å². The van der Waals surface area contributed by atoms with Crippen molar-refractivity contribution in [1.29, 1.82) is 0 Å². The molecular weight excluding hydrogens is 347 g/mol. The number of nitrogens with zero attached hydrogens (tertiary/aromatic N) is 2. The van der Waals surface area contributed by atoms with Gasteiger partial charge in [0, 0.05) is 26.2 Å². The molecule has 0 saturated carbocycles. The standard InChI is InChI=1S/C17H21FN2O4S/c18-15-3-1-13(2-4-15)11-16(21)19-6-8-20(9-7-19)17(22)14-5-10-25(23,24)12-14/h1-4,14H,5-12H2/t14-/m1/s1. The van der Waals surface area contributed by atoms with Gasteiger partial charge in [-0.25, -0.2) is 12.8 Å². The highest BCUT2D eigenvalue weighted by Crippen LogP contribution is 2.21. The maximum Gasteiger partial charge on any atom is 0.227 e. The third kappa shape index (κ3) is 4.36. The number of carbonyl (C=O) groups is 2. The third-order valence-corrected chi connectivity index (χ3v) is 6.56. The van der Waals surface area contributed by atoms with Crippen LogP contribution < -0.4 is 0 Å². The Hall–Kier alpha value is -1.96. The van der Waals surface area contributed by atoms with Crippen molar-refractivity contribution in [3.05, 3.63) is 35.6 Å². The van der Waals surface area contributed by atoms with E-state index in [2.05, 4.69) is 0 Å². The number of rotatable bonds is 3. The molecule has 2 aliphatic heterocycles. The lowest BCUT2D eigenvalue weighted by Crippen LogP contribution is -2.52. The molecule has 136 valence electrons. The summed E-state index contributed by atoms with van der Waals surface area (Å²) in [6, 6.07) is 5.84. The molecule has 1 atom stereocenters. The Morgan fingerprint density at radius 2 is 1.64 bits per heavy atom. The van der Waals surface area contributed by atoms with Crippen molar-refractivity contribution in [3.63, 3.8) is 0 Å². The Morgan fingerprint density at radius 3 is 2.20 bits per heavy atom. The van der Waals surface area contributed by atoms with E-state index in [0.29, 0.717) is 32.6 Å². The summed E-state index contributed by atoms with van der Waals surface area (Å²) in [5, 5.41) is 0. The van der Waals surface area contributed by atoms with Gasteiger partial charge >= 0.3 is 0 Å². The number of benzene rings is 1. The Morgan fingerprint density at radius 1 is 1.04 bits per heavy atom. The number of halogens is 1. The SMILES string of the molecule is O=C(Cc1ccc(F)cc1)N1CCN(C(=O)[C@@H]2CCS(=O)(=O)C2)CC1. The number of sulfone groups is 1. The van der Waals surface area contributed by atoms with Gasteiger partial charge in [0.2, 0.25) is 11.8 Å². The molecule has 0 bridgehead atoms. The molecule has 0 aliphatic carbocycles. The average molecular weight is 368 g/mol. The summed E-state index contributed by atoms with van der Waals surface area (Å²) in [5.41, 5.74) is 0.751. The largest absolute Gasteiger partial charge is 0.339 e. The van der Waals surface area contributed by atoms with Gasteiger partial charge in [0.1, 0.15) is 5.82 Å². The van der Waals surface area contributed by atoms with E-state index in [0.717, 1.165) is 5.56 Å². The van der Waals surface area contributed by atoms with Crippen LogP contribution in [0, 0.1) is 11.7 Å². The molecule has 0 N–H and O–H groups in total. The maximum atomic E-state index is 12.9. The van der Waals surface area contributed by atoms with Crippen LogP contribution in [0.2, 0.25) is 0 Å². The molecule has 0 aromatic heterocycles. The minimum Gasteiger partial charge on any atom is -0.339 e. The molecule has 1 aromatic carbocycles. The Bertz CT molecular complexity index is 755. The van der Waals surface area contributed by atoms with Gasteiger partial charge in [-0.05, 0) is 24.1 Å². The van der Waals surface area contributed by atoms with Crippen molar-refractivity contribution in [2.45, 2.75) is 12.8 Å². The fraction of sp³-hybridized carbons (Fsp3) is 0.529. The lowest BCUT2D eigenvalue weighted by Gasteiger charge is -2.36. The van der Waals surface area contributed by atoms with E-state index >= 15 is 0 Å². The van der Waals surface area contributed by atoms with Crippen molar-refractivity contribution in [1.82, 2.24) is 9.80 Å². The maximum absolute atomic E-state index is 12.9. The predicted octanol–water partition coefficient (Wildman–Crippen LogP) is 0.474. The molecule has 2 aliphatic rings. The van der Waals surface area contributed by atoms with Crippen molar-refractivity contribution in [2.75, 3.05) is 37.7 Å². The van der Waals surface area contributed by atoms with Crippen LogP contribution in [-0.4, -0.2) is 67.7 Å².